The summed E-state index contributed by atoms with van der Waals surface area (Å²) in [5.41, 5.74) is 1.54. The van der Waals surface area contributed by atoms with Gasteiger partial charge in [0.25, 0.3) is 11.5 Å². The third-order valence-corrected chi connectivity index (χ3v) is 5.75. The molecule has 0 unspecified atom stereocenters. The van der Waals surface area contributed by atoms with E-state index >= 15 is 0 Å². The second kappa shape index (κ2) is 9.30. The lowest BCUT2D eigenvalue weighted by atomic mass is 10.1. The number of aryl methyl sites for hydroxylation is 1. The maximum absolute atomic E-state index is 13.1. The highest BCUT2D eigenvalue weighted by atomic mass is 16.5. The number of nitrogens with one attached hydrogen (secondary N) is 1. The molecule has 5 rings (SSSR count). The minimum atomic E-state index is -0.329. The summed E-state index contributed by atoms with van der Waals surface area (Å²) >= 11 is 0. The molecule has 1 heterocycles. The molecule has 0 radical (unpaired) electrons. The molecular weight excluding hydrogens is 442 g/mol. The van der Waals surface area contributed by atoms with E-state index < -0.39 is 0 Å². The molecule has 7 heteroatoms. The van der Waals surface area contributed by atoms with E-state index in [0.717, 1.165) is 10.8 Å². The molecule has 0 atom stereocenters. The number of aromatic nitrogens is 2. The number of nitrogens with zero attached hydrogens (tertiary/aromatic N) is 2. The first-order chi connectivity index (χ1) is 17.0. The van der Waals surface area contributed by atoms with Crippen molar-refractivity contribution in [1.82, 2.24) is 9.55 Å². The first kappa shape index (κ1) is 22.2. The van der Waals surface area contributed by atoms with Crippen LogP contribution in [0.2, 0.25) is 0 Å². The number of hydrogen-bond donors (Lipinski definition) is 1. The van der Waals surface area contributed by atoms with E-state index in [4.69, 9.17) is 9.47 Å². The Bertz CT molecular complexity index is 1620. The molecule has 0 saturated heterocycles. The largest absolute Gasteiger partial charge is 0.494 e. The van der Waals surface area contributed by atoms with E-state index in [1.807, 2.05) is 60.7 Å². The second-order valence-corrected chi connectivity index (χ2v) is 8.05. The first-order valence-electron chi connectivity index (χ1n) is 11.1. The molecule has 0 bridgehead atoms. The fourth-order valence-electron chi connectivity index (χ4n) is 4.06. The Labute approximate surface area is 201 Å². The van der Waals surface area contributed by atoms with Crippen molar-refractivity contribution in [3.8, 4) is 17.2 Å². The van der Waals surface area contributed by atoms with Crippen LogP contribution in [0, 0.1) is 6.92 Å². The quantitative estimate of drug-likeness (QED) is 0.387. The van der Waals surface area contributed by atoms with Gasteiger partial charge in [0.2, 0.25) is 0 Å². The van der Waals surface area contributed by atoms with Crippen molar-refractivity contribution >= 4 is 33.3 Å². The number of fused-ring (bicyclic) bond motifs is 2. The Morgan fingerprint density at radius 1 is 0.943 bits per heavy atom. The highest BCUT2D eigenvalue weighted by Crippen LogP contribution is 2.28. The zero-order valence-electron chi connectivity index (χ0n) is 19.3. The smallest absolute Gasteiger partial charge is 0.265 e. The van der Waals surface area contributed by atoms with Crippen LogP contribution >= 0.6 is 0 Å². The Hall–Kier alpha value is -4.65. The Balaban J connectivity index is 1.35. The molecule has 0 saturated carbocycles. The summed E-state index contributed by atoms with van der Waals surface area (Å²) in [6, 6.07) is 26.0. The Morgan fingerprint density at radius 3 is 2.54 bits per heavy atom. The summed E-state index contributed by atoms with van der Waals surface area (Å²) in [7, 11) is 1.51. The molecule has 0 aliphatic rings. The van der Waals surface area contributed by atoms with E-state index in [0.29, 0.717) is 39.6 Å². The van der Waals surface area contributed by atoms with Crippen molar-refractivity contribution in [2.45, 2.75) is 6.92 Å². The van der Waals surface area contributed by atoms with Crippen molar-refractivity contribution in [3.63, 3.8) is 0 Å². The molecule has 1 N–H and O–H groups in total. The van der Waals surface area contributed by atoms with Gasteiger partial charge >= 0.3 is 0 Å². The standard InChI is InChI=1S/C28H23N3O4/c1-18-29-24-10-6-5-9-23(24)28(33)31(18)21-12-14-25(26(16-21)34-2)30-27(32)17-35-22-13-11-19-7-3-4-8-20(19)15-22/h3-16H,17H2,1-2H3,(H,30,32). The Kier molecular flexibility index (Phi) is 5.89. The average molecular weight is 466 g/mol. The van der Waals surface area contributed by atoms with E-state index in [9.17, 15) is 9.59 Å². The van der Waals surface area contributed by atoms with Crippen LogP contribution in [0.3, 0.4) is 0 Å². The van der Waals surface area contributed by atoms with Crippen molar-refractivity contribution < 1.29 is 14.3 Å². The average Bonchev–Trinajstić information content (AvgIpc) is 2.88. The van der Waals surface area contributed by atoms with Gasteiger partial charge in [-0.3, -0.25) is 14.2 Å². The van der Waals surface area contributed by atoms with Crippen molar-refractivity contribution in [2.24, 2.45) is 0 Å². The number of carbonyl (C=O) groups excluding carboxylic acids is 1. The first-order valence-corrected chi connectivity index (χ1v) is 11.1. The normalized spacial score (nSPS) is 10.9. The SMILES string of the molecule is COc1cc(-n2c(C)nc3ccccc3c2=O)ccc1NC(=O)COc1ccc2ccccc2c1. The fourth-order valence-corrected chi connectivity index (χ4v) is 4.06. The highest BCUT2D eigenvalue weighted by Gasteiger charge is 2.14. The zero-order chi connectivity index (χ0) is 24.4. The molecule has 35 heavy (non-hydrogen) atoms. The number of rotatable bonds is 6. The van der Waals surface area contributed by atoms with E-state index in [-0.39, 0.29) is 18.1 Å². The number of hydrogen-bond acceptors (Lipinski definition) is 5. The molecule has 7 nitrogen and oxygen atoms in total. The maximum Gasteiger partial charge on any atom is 0.265 e. The molecule has 0 aliphatic heterocycles. The number of methoxy groups -OCH3 is 1. The lowest BCUT2D eigenvalue weighted by Crippen LogP contribution is -2.23. The van der Waals surface area contributed by atoms with E-state index in [1.165, 1.54) is 11.7 Å². The minimum absolute atomic E-state index is 0.156. The highest BCUT2D eigenvalue weighted by molar-refractivity contribution is 5.93. The van der Waals surface area contributed by atoms with Crippen LogP contribution < -0.4 is 20.3 Å². The van der Waals surface area contributed by atoms with Gasteiger partial charge in [-0.1, -0.05) is 42.5 Å². The molecule has 174 valence electrons. The summed E-state index contributed by atoms with van der Waals surface area (Å²) < 4.78 is 12.7. The van der Waals surface area contributed by atoms with Crippen LogP contribution in [0.25, 0.3) is 27.4 Å². The molecular formula is C28H23N3O4. The van der Waals surface area contributed by atoms with Crippen LogP contribution in [-0.2, 0) is 4.79 Å². The summed E-state index contributed by atoms with van der Waals surface area (Å²) in [4.78, 5) is 30.2. The lowest BCUT2D eigenvalue weighted by molar-refractivity contribution is -0.118. The minimum Gasteiger partial charge on any atom is -0.494 e. The van der Waals surface area contributed by atoms with Crippen LogP contribution in [0.1, 0.15) is 5.82 Å². The predicted octanol–water partition coefficient (Wildman–Crippen LogP) is 4.87. The fraction of sp³-hybridized carbons (Fsp3) is 0.107. The molecule has 5 aromatic rings. The van der Waals surface area contributed by atoms with Crippen molar-refractivity contribution in [2.75, 3.05) is 19.0 Å². The van der Waals surface area contributed by atoms with Gasteiger partial charge in [0.15, 0.2) is 6.61 Å². The summed E-state index contributed by atoms with van der Waals surface area (Å²) in [6.07, 6.45) is 0. The number of anilines is 1. The molecule has 4 aromatic carbocycles. The monoisotopic (exact) mass is 465 g/mol. The van der Waals surface area contributed by atoms with Gasteiger partial charge in [-0.25, -0.2) is 4.98 Å². The molecule has 0 spiro atoms. The molecule has 1 amide bonds. The Morgan fingerprint density at radius 2 is 1.71 bits per heavy atom. The van der Waals surface area contributed by atoms with Gasteiger partial charge in [0.05, 0.1) is 29.4 Å². The van der Waals surface area contributed by atoms with Gasteiger partial charge in [-0.2, -0.15) is 0 Å². The van der Waals surface area contributed by atoms with Crippen molar-refractivity contribution in [3.05, 3.63) is 101 Å². The number of amides is 1. The van der Waals surface area contributed by atoms with Gasteiger partial charge < -0.3 is 14.8 Å². The van der Waals surface area contributed by atoms with Gasteiger partial charge in [0, 0.05) is 6.07 Å². The van der Waals surface area contributed by atoms with E-state index in [2.05, 4.69) is 10.3 Å². The third kappa shape index (κ3) is 4.44. The predicted molar refractivity (Wildman–Crippen MR) is 137 cm³/mol. The topological polar surface area (TPSA) is 82.5 Å². The van der Waals surface area contributed by atoms with Crippen molar-refractivity contribution in [1.29, 1.82) is 0 Å². The molecule has 0 aliphatic carbocycles. The van der Waals surface area contributed by atoms with E-state index in [1.54, 1.807) is 31.2 Å². The number of carbonyl (C=O) groups is 1. The van der Waals surface area contributed by atoms with Crippen LogP contribution in [0.5, 0.6) is 11.5 Å². The summed E-state index contributed by atoms with van der Waals surface area (Å²) in [5, 5.41) is 5.48. The zero-order valence-corrected chi connectivity index (χ0v) is 19.3. The van der Waals surface area contributed by atoms with Gasteiger partial charge in [-0.05, 0) is 54.1 Å². The maximum atomic E-state index is 13.1. The summed E-state index contributed by atoms with van der Waals surface area (Å²) in [5.74, 6) is 1.25. The molecule has 1 aromatic heterocycles. The number of ether oxygens (including phenoxy) is 2. The van der Waals surface area contributed by atoms with Crippen LogP contribution in [0.15, 0.2) is 89.7 Å². The third-order valence-electron chi connectivity index (χ3n) is 5.75. The summed E-state index contributed by atoms with van der Waals surface area (Å²) in [6.45, 7) is 1.62. The molecule has 0 fully saturated rings. The number of benzene rings is 4. The lowest BCUT2D eigenvalue weighted by Gasteiger charge is -2.15. The van der Waals surface area contributed by atoms with Gasteiger partial charge in [-0.15, -0.1) is 0 Å². The van der Waals surface area contributed by atoms with Gasteiger partial charge in [0.1, 0.15) is 17.3 Å². The number of para-hydroxylation sites is 1. The second-order valence-electron chi connectivity index (χ2n) is 8.05. The van der Waals surface area contributed by atoms with Crippen LogP contribution in [0.4, 0.5) is 5.69 Å². The van der Waals surface area contributed by atoms with Crippen LogP contribution in [-0.4, -0.2) is 29.2 Å².